The van der Waals surface area contributed by atoms with Crippen LogP contribution in [0.4, 0.5) is 8.78 Å². The number of carbonyl (C=O) groups excluding carboxylic acids is 2. The molecule has 2 aromatic carbocycles. The van der Waals surface area contributed by atoms with Crippen molar-refractivity contribution in [3.8, 4) is 5.75 Å². The van der Waals surface area contributed by atoms with Gasteiger partial charge in [-0.05, 0) is 73.9 Å². The van der Waals surface area contributed by atoms with E-state index in [0.29, 0.717) is 60.3 Å². The normalized spacial score (nSPS) is 16.2. The highest BCUT2D eigenvalue weighted by Crippen LogP contribution is 2.32. The zero-order valence-electron chi connectivity index (χ0n) is 21.5. The summed E-state index contributed by atoms with van der Waals surface area (Å²) in [6, 6.07) is 9.95. The number of halogens is 3. The zero-order chi connectivity index (χ0) is 27.4. The topological polar surface area (TPSA) is 85.7 Å². The van der Waals surface area contributed by atoms with E-state index in [0.717, 1.165) is 12.8 Å². The molecule has 0 unspecified atom stereocenters. The predicted molar refractivity (Wildman–Crippen MR) is 142 cm³/mol. The number of aromatic nitrogens is 2. The summed E-state index contributed by atoms with van der Waals surface area (Å²) in [5, 5.41) is 8.19. The van der Waals surface area contributed by atoms with Crippen LogP contribution in [0.25, 0.3) is 10.9 Å². The SMILES string of the molecule is O=C(NCCOCC1CC1)c1ccc2nn(CC3CCN(C(=O)c4ccc(Cl)cc4)CC3)cc2c1OC(F)F. The van der Waals surface area contributed by atoms with Gasteiger partial charge >= 0.3 is 6.61 Å². The van der Waals surface area contributed by atoms with Crippen molar-refractivity contribution in [2.75, 3.05) is 32.8 Å². The second-order valence-corrected chi connectivity index (χ2v) is 10.6. The highest BCUT2D eigenvalue weighted by molar-refractivity contribution is 6.30. The van der Waals surface area contributed by atoms with Crippen molar-refractivity contribution in [3.63, 3.8) is 0 Å². The van der Waals surface area contributed by atoms with Crippen LogP contribution in [-0.4, -0.2) is 66.0 Å². The number of nitrogens with zero attached hydrogens (tertiary/aromatic N) is 3. The minimum atomic E-state index is -3.09. The van der Waals surface area contributed by atoms with Crippen LogP contribution < -0.4 is 10.1 Å². The maximum absolute atomic E-state index is 13.3. The smallest absolute Gasteiger partial charge is 0.387 e. The number of fused-ring (bicyclic) bond motifs is 1. The molecule has 0 spiro atoms. The first-order valence-electron chi connectivity index (χ1n) is 13.2. The summed E-state index contributed by atoms with van der Waals surface area (Å²) in [5.74, 6) is 0.159. The summed E-state index contributed by atoms with van der Waals surface area (Å²) >= 11 is 5.92. The zero-order valence-corrected chi connectivity index (χ0v) is 22.2. The van der Waals surface area contributed by atoms with Crippen LogP contribution in [0.15, 0.2) is 42.6 Å². The van der Waals surface area contributed by atoms with Gasteiger partial charge in [0, 0.05) is 49.6 Å². The molecule has 1 saturated carbocycles. The van der Waals surface area contributed by atoms with E-state index in [4.69, 9.17) is 21.1 Å². The number of hydrogen-bond donors (Lipinski definition) is 1. The van der Waals surface area contributed by atoms with Crippen LogP contribution in [0.3, 0.4) is 0 Å². The van der Waals surface area contributed by atoms with E-state index in [1.54, 1.807) is 41.2 Å². The Morgan fingerprint density at radius 2 is 1.79 bits per heavy atom. The van der Waals surface area contributed by atoms with E-state index in [1.807, 2.05) is 4.90 Å². The Balaban J connectivity index is 1.21. The van der Waals surface area contributed by atoms with E-state index < -0.39 is 12.5 Å². The fraction of sp³-hybridized carbons (Fsp3) is 0.464. The van der Waals surface area contributed by atoms with Crippen LogP contribution in [-0.2, 0) is 11.3 Å². The number of alkyl halides is 2. The average molecular weight is 561 g/mol. The summed E-state index contributed by atoms with van der Waals surface area (Å²) in [7, 11) is 0. The molecule has 2 amide bonds. The Morgan fingerprint density at radius 1 is 1.05 bits per heavy atom. The van der Waals surface area contributed by atoms with Gasteiger partial charge in [-0.2, -0.15) is 13.9 Å². The second kappa shape index (κ2) is 12.3. The second-order valence-electron chi connectivity index (χ2n) is 10.1. The first-order chi connectivity index (χ1) is 18.9. The monoisotopic (exact) mass is 560 g/mol. The van der Waals surface area contributed by atoms with E-state index in [2.05, 4.69) is 10.4 Å². The van der Waals surface area contributed by atoms with Crippen molar-refractivity contribution < 1.29 is 27.8 Å². The van der Waals surface area contributed by atoms with Crippen LogP contribution in [0.5, 0.6) is 5.75 Å². The highest BCUT2D eigenvalue weighted by atomic mass is 35.5. The largest absolute Gasteiger partial charge is 0.433 e. The number of benzene rings is 2. The minimum Gasteiger partial charge on any atom is -0.433 e. The number of nitrogens with one attached hydrogen (secondary N) is 1. The van der Waals surface area contributed by atoms with Crippen molar-refractivity contribution in [1.29, 1.82) is 0 Å². The number of hydrogen-bond acceptors (Lipinski definition) is 5. The first-order valence-corrected chi connectivity index (χ1v) is 13.6. The van der Waals surface area contributed by atoms with Gasteiger partial charge < -0.3 is 19.7 Å². The van der Waals surface area contributed by atoms with Crippen molar-refractivity contribution >= 4 is 34.3 Å². The molecular weight excluding hydrogens is 530 g/mol. The molecule has 2 fully saturated rings. The summed E-state index contributed by atoms with van der Waals surface area (Å²) in [5.41, 5.74) is 1.09. The molecule has 1 aliphatic heterocycles. The lowest BCUT2D eigenvalue weighted by molar-refractivity contribution is -0.0491. The molecule has 1 aromatic heterocycles. The molecule has 0 bridgehead atoms. The van der Waals surface area contributed by atoms with Gasteiger partial charge in [0.25, 0.3) is 11.8 Å². The Hall–Kier alpha value is -3.24. The first kappa shape index (κ1) is 27.3. The van der Waals surface area contributed by atoms with Gasteiger partial charge in [0.05, 0.1) is 23.1 Å². The van der Waals surface area contributed by atoms with Crippen molar-refractivity contribution in [1.82, 2.24) is 20.0 Å². The number of amides is 2. The van der Waals surface area contributed by atoms with Gasteiger partial charge in [0.1, 0.15) is 5.75 Å². The maximum Gasteiger partial charge on any atom is 0.387 e. The molecule has 5 rings (SSSR count). The Labute approximate surface area is 230 Å². The Morgan fingerprint density at radius 3 is 2.49 bits per heavy atom. The Kier molecular flexibility index (Phi) is 8.62. The molecule has 8 nitrogen and oxygen atoms in total. The minimum absolute atomic E-state index is 0.0241. The van der Waals surface area contributed by atoms with Gasteiger partial charge in [-0.1, -0.05) is 11.6 Å². The molecule has 2 aliphatic rings. The van der Waals surface area contributed by atoms with Gasteiger partial charge in [-0.25, -0.2) is 0 Å². The number of likely N-dealkylation sites (tertiary alicyclic amines) is 1. The van der Waals surface area contributed by atoms with Gasteiger partial charge in [-0.3, -0.25) is 14.3 Å². The fourth-order valence-corrected chi connectivity index (χ4v) is 4.96. The molecule has 0 radical (unpaired) electrons. The number of carbonyl (C=O) groups is 2. The predicted octanol–water partition coefficient (Wildman–Crippen LogP) is 5.00. The molecule has 1 aliphatic carbocycles. The van der Waals surface area contributed by atoms with Crippen molar-refractivity contribution in [2.45, 2.75) is 38.8 Å². The molecule has 11 heteroatoms. The molecule has 39 heavy (non-hydrogen) atoms. The summed E-state index contributed by atoms with van der Waals surface area (Å²) in [6.45, 7) is 0.00968. The van der Waals surface area contributed by atoms with Gasteiger partial charge in [0.15, 0.2) is 0 Å². The summed E-state index contributed by atoms with van der Waals surface area (Å²) in [6.07, 6.45) is 5.57. The summed E-state index contributed by atoms with van der Waals surface area (Å²) < 4.78 is 38.7. The number of rotatable bonds is 11. The third kappa shape index (κ3) is 7.05. The lowest BCUT2D eigenvalue weighted by Gasteiger charge is -2.32. The molecule has 2 heterocycles. The fourth-order valence-electron chi connectivity index (χ4n) is 4.83. The van der Waals surface area contributed by atoms with E-state index >= 15 is 0 Å². The average Bonchev–Trinajstić information content (AvgIpc) is 3.66. The lowest BCUT2D eigenvalue weighted by atomic mass is 9.96. The quantitative estimate of drug-likeness (QED) is 0.334. The molecule has 208 valence electrons. The standard InChI is InChI=1S/C28H31ClF2N4O4/c29-21-5-3-20(4-6-21)27(37)34-12-9-18(10-13-34)15-35-16-23-24(33-35)8-7-22(25(23)39-28(30)31)26(36)32-11-14-38-17-19-1-2-19/h3-8,16,18-19,28H,1-2,9-15,17H2,(H,32,36). The molecule has 1 N–H and O–H groups in total. The molecule has 3 aromatic rings. The number of piperidine rings is 1. The highest BCUT2D eigenvalue weighted by Gasteiger charge is 2.26. The molecule has 0 atom stereocenters. The molecular formula is C28H31ClF2N4O4. The van der Waals surface area contributed by atoms with Gasteiger partial charge in [-0.15, -0.1) is 0 Å². The third-order valence-electron chi connectivity index (χ3n) is 7.16. The van der Waals surface area contributed by atoms with Crippen molar-refractivity contribution in [2.24, 2.45) is 11.8 Å². The maximum atomic E-state index is 13.3. The third-order valence-corrected chi connectivity index (χ3v) is 7.41. The van der Waals surface area contributed by atoms with Crippen LogP contribution >= 0.6 is 11.6 Å². The lowest BCUT2D eigenvalue weighted by Crippen LogP contribution is -2.39. The van der Waals surface area contributed by atoms with Crippen LogP contribution in [0.2, 0.25) is 5.02 Å². The molecule has 1 saturated heterocycles. The van der Waals surface area contributed by atoms with Crippen LogP contribution in [0, 0.1) is 11.8 Å². The van der Waals surface area contributed by atoms with Crippen molar-refractivity contribution in [3.05, 3.63) is 58.7 Å². The Bertz CT molecular complexity index is 1300. The van der Waals surface area contributed by atoms with Crippen LogP contribution in [0.1, 0.15) is 46.4 Å². The van der Waals surface area contributed by atoms with Gasteiger partial charge in [0.2, 0.25) is 0 Å². The van der Waals surface area contributed by atoms with E-state index in [1.165, 1.54) is 18.9 Å². The number of ether oxygens (including phenoxy) is 2. The van der Waals surface area contributed by atoms with E-state index in [-0.39, 0.29) is 29.7 Å². The summed E-state index contributed by atoms with van der Waals surface area (Å²) in [4.78, 5) is 27.4. The van der Waals surface area contributed by atoms with E-state index in [9.17, 15) is 18.4 Å².